The van der Waals surface area contributed by atoms with Gasteiger partial charge in [0, 0.05) is 31.3 Å². The van der Waals surface area contributed by atoms with Crippen LogP contribution in [0, 0.1) is 17.5 Å². The predicted octanol–water partition coefficient (Wildman–Crippen LogP) is 0.708. The first kappa shape index (κ1) is 21.7. The zero-order valence-electron chi connectivity index (χ0n) is 17.0. The molecule has 1 aromatic carbocycles. The van der Waals surface area contributed by atoms with Gasteiger partial charge in [0.2, 0.25) is 5.43 Å². The molecule has 32 heavy (non-hydrogen) atoms. The Morgan fingerprint density at radius 1 is 1.22 bits per heavy atom. The van der Waals surface area contributed by atoms with Crippen molar-refractivity contribution in [1.29, 1.82) is 0 Å². The molecule has 0 radical (unpaired) electrons. The van der Waals surface area contributed by atoms with Crippen LogP contribution in [0.4, 0.5) is 13.2 Å². The number of amides is 2. The van der Waals surface area contributed by atoms with Crippen molar-refractivity contribution >= 4 is 11.8 Å². The molecule has 0 spiro atoms. The summed E-state index contributed by atoms with van der Waals surface area (Å²) in [5.41, 5.74) is -3.09. The van der Waals surface area contributed by atoms with Gasteiger partial charge in [-0.25, -0.2) is 17.8 Å². The Labute approximate surface area is 179 Å². The molecule has 9 nitrogen and oxygen atoms in total. The molecule has 0 fully saturated rings. The first-order valence-electron chi connectivity index (χ1n) is 9.74. The quantitative estimate of drug-likeness (QED) is 0.630. The van der Waals surface area contributed by atoms with Crippen LogP contribution >= 0.6 is 0 Å². The third-order valence-corrected chi connectivity index (χ3v) is 5.73. The molecular weight excluding hydrogens is 433 g/mol. The van der Waals surface area contributed by atoms with Crippen molar-refractivity contribution in [2.24, 2.45) is 0 Å². The van der Waals surface area contributed by atoms with Gasteiger partial charge >= 0.3 is 0 Å². The second-order valence-corrected chi connectivity index (χ2v) is 7.57. The van der Waals surface area contributed by atoms with Gasteiger partial charge in [0.1, 0.15) is 35.3 Å². The van der Waals surface area contributed by atoms with Crippen molar-refractivity contribution in [3.8, 4) is 5.75 Å². The lowest BCUT2D eigenvalue weighted by Crippen LogP contribution is -2.58. The highest BCUT2D eigenvalue weighted by molar-refractivity contribution is 6.00. The van der Waals surface area contributed by atoms with E-state index in [1.54, 1.807) is 11.9 Å². The molecule has 2 amide bonds. The van der Waals surface area contributed by atoms with E-state index in [0.717, 1.165) is 4.68 Å². The molecule has 2 aliphatic heterocycles. The smallest absolute Gasteiger partial charge is 0.277 e. The van der Waals surface area contributed by atoms with Crippen LogP contribution in [0.15, 0.2) is 16.9 Å². The van der Waals surface area contributed by atoms with E-state index >= 15 is 0 Å². The van der Waals surface area contributed by atoms with Crippen LogP contribution in [-0.4, -0.2) is 51.4 Å². The number of rotatable bonds is 4. The van der Waals surface area contributed by atoms with Crippen molar-refractivity contribution in [2.45, 2.75) is 32.2 Å². The predicted molar refractivity (Wildman–Crippen MR) is 104 cm³/mol. The highest BCUT2D eigenvalue weighted by Gasteiger charge is 2.46. The number of pyridine rings is 1. The van der Waals surface area contributed by atoms with E-state index in [-0.39, 0.29) is 17.9 Å². The minimum atomic E-state index is -1.35. The molecule has 0 aliphatic carbocycles. The van der Waals surface area contributed by atoms with Crippen LogP contribution in [0.5, 0.6) is 5.75 Å². The van der Waals surface area contributed by atoms with Crippen molar-refractivity contribution in [2.75, 3.05) is 18.6 Å². The highest BCUT2D eigenvalue weighted by Crippen LogP contribution is 2.35. The van der Waals surface area contributed by atoms with Crippen LogP contribution in [0.1, 0.15) is 51.6 Å². The summed E-state index contributed by atoms with van der Waals surface area (Å²) in [6, 6.07) is 0.886. The molecule has 0 saturated carbocycles. The largest absolute Gasteiger partial charge is 0.502 e. The molecule has 170 valence electrons. The molecular formula is C20H19F3N4O5. The Balaban J connectivity index is 1.79. The van der Waals surface area contributed by atoms with Gasteiger partial charge in [-0.15, -0.1) is 0 Å². The van der Waals surface area contributed by atoms with E-state index in [1.165, 1.54) is 11.9 Å². The first-order valence-corrected chi connectivity index (χ1v) is 9.74. The van der Waals surface area contributed by atoms with Crippen molar-refractivity contribution in [1.82, 2.24) is 14.9 Å². The average Bonchev–Trinajstić information content (AvgIpc) is 3.04. The standard InChI is InChI=1S/C20H19F3N4O5/c1-3-13-25(2)20(32)16-18(30)17(29)14(15-12(28)7-26(13)27(15)16)19(31)24-6-9-10(22)4-8(21)5-11(9)23/h4-5,12-13,28,30H,3,6-7H2,1-2H3,(H,24,31). The molecule has 12 heteroatoms. The van der Waals surface area contributed by atoms with Crippen molar-refractivity contribution in [3.63, 3.8) is 0 Å². The van der Waals surface area contributed by atoms with Crippen LogP contribution in [0.2, 0.25) is 0 Å². The fourth-order valence-electron chi connectivity index (χ4n) is 4.24. The molecule has 0 bridgehead atoms. The minimum Gasteiger partial charge on any atom is -0.502 e. The highest BCUT2D eigenvalue weighted by atomic mass is 19.1. The number of halogens is 3. The SMILES string of the molecule is CCC1N(C)C(=O)c2c(O)c(=O)c(C(=O)NCc3c(F)cc(F)cc3F)c3n2N1CC3O. The number of hydrogen-bond donors (Lipinski definition) is 3. The summed E-state index contributed by atoms with van der Waals surface area (Å²) in [6.45, 7) is 1.01. The fourth-order valence-corrected chi connectivity index (χ4v) is 4.24. The zero-order chi connectivity index (χ0) is 23.5. The van der Waals surface area contributed by atoms with E-state index < -0.39 is 70.4 Å². The maximum atomic E-state index is 13.9. The summed E-state index contributed by atoms with van der Waals surface area (Å²) < 4.78 is 42.0. The molecule has 0 saturated heterocycles. The molecule has 2 aliphatic rings. The fraction of sp³-hybridized carbons (Fsp3) is 0.350. The van der Waals surface area contributed by atoms with Crippen molar-refractivity contribution < 1.29 is 33.0 Å². The molecule has 2 unspecified atom stereocenters. The monoisotopic (exact) mass is 452 g/mol. The van der Waals surface area contributed by atoms with Crippen molar-refractivity contribution in [3.05, 3.63) is 62.3 Å². The number of carbonyl (C=O) groups excluding carboxylic acids is 2. The van der Waals surface area contributed by atoms with E-state index in [0.29, 0.717) is 18.6 Å². The Bertz CT molecular complexity index is 1190. The third-order valence-electron chi connectivity index (χ3n) is 5.73. The number of aliphatic hydroxyl groups excluding tert-OH is 1. The Hall–Kier alpha value is -3.54. The van der Waals surface area contributed by atoms with Crippen LogP contribution in [-0.2, 0) is 6.54 Å². The normalized spacial score (nSPS) is 19.4. The second kappa shape index (κ2) is 7.55. The molecule has 1 aromatic heterocycles. The minimum absolute atomic E-state index is 0.0620. The van der Waals surface area contributed by atoms with Gasteiger partial charge < -0.3 is 20.4 Å². The summed E-state index contributed by atoms with van der Waals surface area (Å²) >= 11 is 0. The number of aromatic hydroxyl groups is 1. The Kier molecular flexibility index (Phi) is 5.12. The van der Waals surface area contributed by atoms with E-state index in [9.17, 15) is 37.8 Å². The molecule has 2 aromatic rings. The Morgan fingerprint density at radius 2 is 1.84 bits per heavy atom. The second-order valence-electron chi connectivity index (χ2n) is 7.57. The van der Waals surface area contributed by atoms with Gasteiger partial charge in [-0.2, -0.15) is 0 Å². The Morgan fingerprint density at radius 3 is 2.44 bits per heavy atom. The third kappa shape index (κ3) is 3.01. The van der Waals surface area contributed by atoms with Gasteiger partial charge in [-0.3, -0.25) is 19.4 Å². The number of benzene rings is 1. The number of aromatic nitrogens is 1. The lowest BCUT2D eigenvalue weighted by molar-refractivity contribution is 0.0630. The van der Waals surface area contributed by atoms with Gasteiger partial charge in [0.05, 0.1) is 12.2 Å². The summed E-state index contributed by atoms with van der Waals surface area (Å²) in [5, 5.41) is 24.8. The number of carbonyl (C=O) groups is 2. The van der Waals surface area contributed by atoms with Gasteiger partial charge in [-0.1, -0.05) is 6.92 Å². The maximum absolute atomic E-state index is 13.9. The molecule has 4 rings (SSSR count). The lowest BCUT2D eigenvalue weighted by Gasteiger charge is -2.42. The van der Waals surface area contributed by atoms with Crippen LogP contribution < -0.4 is 15.8 Å². The number of aliphatic hydroxyl groups is 1. The van der Waals surface area contributed by atoms with E-state index in [4.69, 9.17) is 0 Å². The van der Waals surface area contributed by atoms with Crippen LogP contribution in [0.25, 0.3) is 0 Å². The van der Waals surface area contributed by atoms with E-state index in [2.05, 4.69) is 5.32 Å². The van der Waals surface area contributed by atoms with Gasteiger partial charge in [0.25, 0.3) is 11.8 Å². The summed E-state index contributed by atoms with van der Waals surface area (Å²) in [7, 11) is 1.49. The first-order chi connectivity index (χ1) is 15.1. The summed E-state index contributed by atoms with van der Waals surface area (Å²) in [4.78, 5) is 39.7. The average molecular weight is 452 g/mol. The van der Waals surface area contributed by atoms with Crippen LogP contribution in [0.3, 0.4) is 0 Å². The number of nitrogens with one attached hydrogen (secondary N) is 1. The molecule has 2 atom stereocenters. The molecule has 3 N–H and O–H groups in total. The summed E-state index contributed by atoms with van der Waals surface area (Å²) in [6.07, 6.45) is -1.41. The number of nitrogens with zero attached hydrogens (tertiary/aromatic N) is 3. The zero-order valence-corrected chi connectivity index (χ0v) is 17.0. The number of hydrogen-bond acceptors (Lipinski definition) is 6. The lowest BCUT2D eigenvalue weighted by atomic mass is 10.1. The maximum Gasteiger partial charge on any atom is 0.277 e. The van der Waals surface area contributed by atoms with Gasteiger partial charge in [0.15, 0.2) is 11.4 Å². The van der Waals surface area contributed by atoms with E-state index in [1.807, 2.05) is 0 Å². The van der Waals surface area contributed by atoms with Gasteiger partial charge in [-0.05, 0) is 6.42 Å². The molecule has 3 heterocycles. The topological polar surface area (TPSA) is 115 Å². The summed E-state index contributed by atoms with van der Waals surface area (Å²) in [5.74, 6) is -6.38.